The van der Waals surface area contributed by atoms with Crippen LogP contribution in [0.3, 0.4) is 0 Å². The van der Waals surface area contributed by atoms with Gasteiger partial charge in [0, 0.05) is 10.7 Å². The second kappa shape index (κ2) is 11.7. The Balaban J connectivity index is 0.000000982. The van der Waals surface area contributed by atoms with Gasteiger partial charge < -0.3 is 10.4 Å². The van der Waals surface area contributed by atoms with Gasteiger partial charge in [0.25, 0.3) is 0 Å². The van der Waals surface area contributed by atoms with Crippen molar-refractivity contribution in [2.45, 2.75) is 6.92 Å². The normalized spacial score (nSPS) is 10.5. The van der Waals surface area contributed by atoms with Crippen LogP contribution in [0.25, 0.3) is 0 Å². The molecular weight excluding hydrogens is 380 g/mol. The molecule has 0 heterocycles. The first kappa shape index (κ1) is 18.9. The number of aliphatic hydroxyl groups is 1. The molecule has 1 aromatic rings. The van der Waals surface area contributed by atoms with Crippen LogP contribution in [0.15, 0.2) is 29.4 Å². The summed E-state index contributed by atoms with van der Waals surface area (Å²) in [6.45, 7) is 1.59. The van der Waals surface area contributed by atoms with Gasteiger partial charge in [-0.2, -0.15) is 5.10 Å². The van der Waals surface area contributed by atoms with Crippen molar-refractivity contribution in [1.29, 1.82) is 0 Å². The summed E-state index contributed by atoms with van der Waals surface area (Å²) >= 11 is 11.5. The number of benzene rings is 1. The monoisotopic (exact) mass is 390 g/mol. The van der Waals surface area contributed by atoms with E-state index in [1.807, 2.05) is 0 Å². The zero-order valence-corrected chi connectivity index (χ0v) is 13.8. The van der Waals surface area contributed by atoms with Crippen LogP contribution in [0.4, 0.5) is 5.69 Å². The van der Waals surface area contributed by atoms with E-state index in [2.05, 4.69) is 36.0 Å². The van der Waals surface area contributed by atoms with Crippen molar-refractivity contribution < 1.29 is 18.2 Å². The molecule has 0 amide bonds. The standard InChI is InChI=1S/C10H12ClN3OS.2ClH.Cu/c1-7(6-15)13-14-10(16)12-9-4-2-8(11)3-5-9;;;/h2-5,15H,6H2,1H3,(H2,12,14,16);2*1H;/q;;;+2/p-2/b13-7+;;;. The van der Waals surface area contributed by atoms with E-state index in [0.29, 0.717) is 15.8 Å². The quantitative estimate of drug-likeness (QED) is 0.320. The van der Waals surface area contributed by atoms with Crippen LogP contribution in [0.2, 0.25) is 5.02 Å². The van der Waals surface area contributed by atoms with Crippen LogP contribution in [0, 0.1) is 0 Å². The molecule has 0 unspecified atom stereocenters. The minimum atomic E-state index is -0.101. The molecule has 1 aromatic carbocycles. The van der Waals surface area contributed by atoms with Crippen LogP contribution in [-0.4, -0.2) is 22.5 Å². The number of rotatable bonds is 3. The molecule has 0 spiro atoms. The van der Waals surface area contributed by atoms with Gasteiger partial charge in [0.2, 0.25) is 0 Å². The Morgan fingerprint density at radius 2 is 1.89 bits per heavy atom. The third-order valence-corrected chi connectivity index (χ3v) is 2.12. The zero-order chi connectivity index (χ0) is 14.7. The summed E-state index contributed by atoms with van der Waals surface area (Å²) in [5.74, 6) is 0. The fraction of sp³-hybridized carbons (Fsp3) is 0.200. The van der Waals surface area contributed by atoms with E-state index >= 15 is 0 Å². The van der Waals surface area contributed by atoms with Gasteiger partial charge in [0.15, 0.2) is 5.11 Å². The summed E-state index contributed by atoms with van der Waals surface area (Å²) < 4.78 is 0. The molecule has 0 aliphatic carbocycles. The number of nitrogens with zero attached hydrogens (tertiary/aromatic N) is 1. The molecule has 111 valence electrons. The Morgan fingerprint density at radius 3 is 2.37 bits per heavy atom. The summed E-state index contributed by atoms with van der Waals surface area (Å²) in [6, 6.07) is 7.13. The number of hydrogen-bond acceptors (Lipinski definition) is 3. The topological polar surface area (TPSA) is 56.7 Å². The molecular formula is C10H12Cl3CuN3OS. The van der Waals surface area contributed by atoms with Crippen molar-refractivity contribution in [3.8, 4) is 0 Å². The van der Waals surface area contributed by atoms with Gasteiger partial charge in [-0.05, 0) is 43.4 Å². The van der Waals surface area contributed by atoms with Gasteiger partial charge in [0.1, 0.15) is 0 Å². The van der Waals surface area contributed by atoms with E-state index in [-0.39, 0.29) is 6.61 Å². The number of hydrogen-bond donors (Lipinski definition) is 3. The average molecular weight is 392 g/mol. The molecule has 0 radical (unpaired) electrons. The summed E-state index contributed by atoms with van der Waals surface area (Å²) in [5, 5.41) is 16.5. The predicted molar refractivity (Wildman–Crippen MR) is 82.7 cm³/mol. The van der Waals surface area contributed by atoms with Crippen molar-refractivity contribution in [1.82, 2.24) is 5.43 Å². The van der Waals surface area contributed by atoms with Crippen LogP contribution < -0.4 is 10.7 Å². The summed E-state index contributed by atoms with van der Waals surface area (Å²) in [6.07, 6.45) is 0. The average Bonchev–Trinajstić information content (AvgIpc) is 2.39. The first-order chi connectivity index (χ1) is 9.03. The zero-order valence-electron chi connectivity index (χ0n) is 9.75. The van der Waals surface area contributed by atoms with Crippen molar-refractivity contribution in [2.75, 3.05) is 11.9 Å². The number of anilines is 1. The molecule has 4 nitrogen and oxygen atoms in total. The fourth-order valence-corrected chi connectivity index (χ4v) is 1.16. The Bertz CT molecular complexity index is 417. The van der Waals surface area contributed by atoms with Crippen LogP contribution in [-0.2, 0) is 13.1 Å². The molecule has 0 fully saturated rings. The molecule has 0 aliphatic heterocycles. The minimum absolute atomic E-state index is 0.101. The number of thiocarbonyl (C=S) groups is 1. The van der Waals surface area contributed by atoms with Crippen molar-refractivity contribution in [3.05, 3.63) is 29.3 Å². The maximum atomic E-state index is 8.72. The van der Waals surface area contributed by atoms with Crippen LogP contribution in [0.1, 0.15) is 6.92 Å². The van der Waals surface area contributed by atoms with Crippen molar-refractivity contribution in [2.24, 2.45) is 5.10 Å². The molecule has 1 rings (SSSR count). The van der Waals surface area contributed by atoms with E-state index < -0.39 is 0 Å². The molecule has 3 N–H and O–H groups in total. The van der Waals surface area contributed by atoms with Crippen molar-refractivity contribution >= 4 is 60.5 Å². The number of nitrogens with one attached hydrogen (secondary N) is 2. The van der Waals surface area contributed by atoms with E-state index in [9.17, 15) is 0 Å². The third-order valence-electron chi connectivity index (χ3n) is 1.68. The molecule has 0 bridgehead atoms. The van der Waals surface area contributed by atoms with E-state index in [4.69, 9.17) is 28.9 Å². The molecule has 0 aliphatic rings. The molecule has 0 saturated heterocycles. The predicted octanol–water partition coefficient (Wildman–Crippen LogP) is 3.37. The fourth-order valence-electron chi connectivity index (χ4n) is 0.874. The molecule has 0 aromatic heterocycles. The van der Waals surface area contributed by atoms with Crippen LogP contribution >= 0.6 is 44.0 Å². The second-order valence-corrected chi connectivity index (χ2v) is 5.52. The summed E-state index contributed by atoms with van der Waals surface area (Å²) in [4.78, 5) is 0. The SMILES string of the molecule is C/C(CO)=N\NC(=S)Nc1ccc(Cl)cc1.[Cl][Cu][Cl]. The first-order valence-electron chi connectivity index (χ1n) is 4.81. The second-order valence-electron chi connectivity index (χ2n) is 3.12. The molecule has 0 atom stereocenters. The number of halogens is 3. The Kier molecular flexibility index (Phi) is 11.7. The van der Waals surface area contributed by atoms with Crippen LogP contribution in [0.5, 0.6) is 0 Å². The Hall–Kier alpha value is -0.0705. The maximum absolute atomic E-state index is 8.72. The van der Waals surface area contributed by atoms with E-state index in [1.54, 1.807) is 31.2 Å². The molecule has 19 heavy (non-hydrogen) atoms. The Labute approximate surface area is 137 Å². The van der Waals surface area contributed by atoms with Gasteiger partial charge in [-0.25, -0.2) is 0 Å². The molecule has 9 heteroatoms. The third kappa shape index (κ3) is 10.4. The van der Waals surface area contributed by atoms with E-state index in [0.717, 1.165) is 18.8 Å². The number of aliphatic hydroxyl groups excluding tert-OH is 1. The number of hydrazone groups is 1. The van der Waals surface area contributed by atoms with Gasteiger partial charge in [-0.15, -0.1) is 0 Å². The summed E-state index contributed by atoms with van der Waals surface area (Å²) in [5.41, 5.74) is 3.99. The Morgan fingerprint density at radius 1 is 1.37 bits per heavy atom. The van der Waals surface area contributed by atoms with Gasteiger partial charge in [-0.3, -0.25) is 5.43 Å². The molecule has 0 saturated carbocycles. The summed E-state index contributed by atoms with van der Waals surface area (Å²) in [7, 11) is 9.34. The first-order valence-corrected chi connectivity index (χ1v) is 8.19. The van der Waals surface area contributed by atoms with Gasteiger partial charge in [0.05, 0.1) is 12.3 Å². The van der Waals surface area contributed by atoms with E-state index in [1.165, 1.54) is 0 Å². The van der Waals surface area contributed by atoms with Crippen molar-refractivity contribution in [3.63, 3.8) is 0 Å². The van der Waals surface area contributed by atoms with Gasteiger partial charge in [-0.1, -0.05) is 11.6 Å². The van der Waals surface area contributed by atoms with Gasteiger partial charge >= 0.3 is 33.3 Å².